The van der Waals surface area contributed by atoms with Crippen molar-refractivity contribution in [2.75, 3.05) is 7.11 Å². The SMILES string of the molecule is C[O-].O=[N+]([O-])[O-].O=[N+]([O-])[O-].O=[N+]([O-])[O-].O=[N+]([O-])[O-].O=[N+]([O-])[O-].[Ce+4].[NH4+].[Na+]. The maximum absolute atomic E-state index is 8.25. The second-order valence-corrected chi connectivity index (χ2v) is 1.12. The van der Waals surface area contributed by atoms with Gasteiger partial charge in [-0.25, -0.2) is 0 Å². The molecule has 0 heterocycles. The molecule has 0 aromatic carbocycles. The van der Waals surface area contributed by atoms with E-state index in [9.17, 15) is 0 Å². The van der Waals surface area contributed by atoms with Crippen LogP contribution in [-0.4, -0.2) is 32.5 Å². The van der Waals surface area contributed by atoms with Crippen LogP contribution in [0.25, 0.3) is 0 Å². The van der Waals surface area contributed by atoms with Crippen LogP contribution in [-0.2, 0) is 0 Å². The van der Waals surface area contributed by atoms with E-state index in [0.29, 0.717) is 0 Å². The Morgan fingerprint density at radius 3 is 0.440 bits per heavy atom. The molecule has 0 aromatic heterocycles. The molecule has 0 fully saturated rings. The molecular formula is CH7CeN6NaO16. The Kier molecular flexibility index (Phi) is 130. The van der Waals surface area contributed by atoms with Crippen molar-refractivity contribution in [2.45, 2.75) is 0 Å². The standard InChI is InChI=1S/CH3O.Ce.5NO3.H3N.Na/c1-2;;5*2-1(3)4;;/h1H3;;;;;;;1H3;/q-1;+4;5*-1;;+1/p+1. The van der Waals surface area contributed by atoms with Crippen molar-refractivity contribution in [3.05, 3.63) is 76.6 Å². The Labute approximate surface area is 190 Å². The maximum atomic E-state index is 8.25. The van der Waals surface area contributed by atoms with Crippen LogP contribution in [0, 0.1) is 118 Å². The van der Waals surface area contributed by atoms with Gasteiger partial charge in [0.15, 0.2) is 0 Å². The molecule has 0 bridgehead atoms. The summed E-state index contributed by atoms with van der Waals surface area (Å²) in [6, 6.07) is 0. The van der Waals surface area contributed by atoms with Crippen molar-refractivity contribution in [1.82, 2.24) is 6.15 Å². The molecule has 0 aliphatic heterocycles. The summed E-state index contributed by atoms with van der Waals surface area (Å²) < 4.78 is 0. The van der Waals surface area contributed by atoms with Crippen molar-refractivity contribution < 1.29 is 102 Å². The molecule has 25 heavy (non-hydrogen) atoms. The van der Waals surface area contributed by atoms with E-state index in [4.69, 9.17) is 81.7 Å². The minimum Gasteiger partial charge on any atom is -0.857 e. The summed E-state index contributed by atoms with van der Waals surface area (Å²) in [4.78, 5) is 41.2. The van der Waals surface area contributed by atoms with Crippen molar-refractivity contribution in [2.24, 2.45) is 0 Å². The zero-order chi connectivity index (χ0) is 19.9. The largest absolute Gasteiger partial charge is 4.00 e. The second-order valence-electron chi connectivity index (χ2n) is 1.12. The minimum atomic E-state index is -1.75. The molecule has 0 amide bonds. The first-order chi connectivity index (χ1) is 9.66. The van der Waals surface area contributed by atoms with Gasteiger partial charge in [0.1, 0.15) is 0 Å². The van der Waals surface area contributed by atoms with E-state index in [0.717, 1.165) is 7.11 Å². The minimum absolute atomic E-state index is 0. The Balaban J connectivity index is -0.0000000173. The Morgan fingerprint density at radius 1 is 0.440 bits per heavy atom. The number of hydrogen-bond donors (Lipinski definition) is 1. The topological polar surface area (TPSA) is 391 Å². The summed E-state index contributed by atoms with van der Waals surface area (Å²) in [6.07, 6.45) is 0. The van der Waals surface area contributed by atoms with Gasteiger partial charge in [0, 0.05) is 0 Å². The van der Waals surface area contributed by atoms with Gasteiger partial charge in [-0.2, -0.15) is 7.11 Å². The zero-order valence-corrected chi connectivity index (χ0v) is 17.4. The zero-order valence-electron chi connectivity index (χ0n) is 12.3. The van der Waals surface area contributed by atoms with Gasteiger partial charge in [-0.15, -0.1) is 0 Å². The summed E-state index contributed by atoms with van der Waals surface area (Å²) in [6.45, 7) is 0. The average molecular weight is 522 g/mol. The summed E-state index contributed by atoms with van der Waals surface area (Å²) in [5.74, 6) is 0. The number of nitrogens with zero attached hydrogens (tertiary/aromatic N) is 5. The van der Waals surface area contributed by atoms with Gasteiger partial charge >= 0.3 is 71.3 Å². The molecular weight excluding hydrogens is 515 g/mol. The third-order valence-corrected chi connectivity index (χ3v) is 0. The van der Waals surface area contributed by atoms with Gasteiger partial charge in [-0.1, -0.05) is 0 Å². The smallest absolute Gasteiger partial charge is 0.857 e. The van der Waals surface area contributed by atoms with Crippen LogP contribution < -0.4 is 40.8 Å². The predicted molar refractivity (Wildman–Crippen MR) is 63.7 cm³/mol. The van der Waals surface area contributed by atoms with Crippen LogP contribution in [0.4, 0.5) is 0 Å². The van der Waals surface area contributed by atoms with E-state index in [1.807, 2.05) is 0 Å². The van der Waals surface area contributed by atoms with Crippen molar-refractivity contribution in [3.63, 3.8) is 0 Å². The summed E-state index contributed by atoms with van der Waals surface area (Å²) in [5.41, 5.74) is 0. The van der Waals surface area contributed by atoms with Crippen LogP contribution in [0.15, 0.2) is 0 Å². The van der Waals surface area contributed by atoms with E-state index in [2.05, 4.69) is 0 Å². The van der Waals surface area contributed by atoms with E-state index in [1.165, 1.54) is 0 Å². The van der Waals surface area contributed by atoms with E-state index < -0.39 is 25.4 Å². The first kappa shape index (κ1) is 56.7. The van der Waals surface area contributed by atoms with Crippen LogP contribution in [0.2, 0.25) is 0 Å². The van der Waals surface area contributed by atoms with E-state index in [-0.39, 0.29) is 77.5 Å². The fourth-order valence-corrected chi connectivity index (χ4v) is 0. The van der Waals surface area contributed by atoms with Gasteiger partial charge in [0.2, 0.25) is 0 Å². The normalized spacial score (nSPS) is 5.04. The van der Waals surface area contributed by atoms with Crippen molar-refractivity contribution in [3.8, 4) is 0 Å². The molecule has 0 saturated heterocycles. The van der Waals surface area contributed by atoms with Crippen LogP contribution in [0.3, 0.4) is 0 Å². The molecule has 142 valence electrons. The third-order valence-electron chi connectivity index (χ3n) is 0. The first-order valence-electron chi connectivity index (χ1n) is 3.15. The summed E-state index contributed by atoms with van der Waals surface area (Å²) in [5, 5.41) is 82.0. The Bertz CT molecular complexity index is 221. The number of rotatable bonds is 0. The Morgan fingerprint density at radius 2 is 0.440 bits per heavy atom. The molecule has 4 N–H and O–H groups in total. The monoisotopic (exact) mass is 522 g/mol. The van der Waals surface area contributed by atoms with Crippen molar-refractivity contribution in [1.29, 1.82) is 0 Å². The number of quaternary nitrogens is 1. The fourth-order valence-electron chi connectivity index (χ4n) is 0. The molecule has 22 nitrogen and oxygen atoms in total. The molecule has 0 radical (unpaired) electrons. The van der Waals surface area contributed by atoms with E-state index >= 15 is 0 Å². The molecule has 0 atom stereocenters. The van der Waals surface area contributed by atoms with Gasteiger partial charge in [-0.3, -0.25) is 0 Å². The van der Waals surface area contributed by atoms with Gasteiger partial charge in [-0.05, 0) is 0 Å². The molecule has 0 saturated carbocycles. The van der Waals surface area contributed by atoms with Gasteiger partial charge in [0.05, 0.1) is 25.4 Å². The van der Waals surface area contributed by atoms with Crippen molar-refractivity contribution >= 4 is 0 Å². The van der Waals surface area contributed by atoms with Crippen LogP contribution in [0.1, 0.15) is 0 Å². The maximum Gasteiger partial charge on any atom is 4.00 e. The van der Waals surface area contributed by atoms with E-state index in [1.54, 1.807) is 0 Å². The predicted octanol–water partition coefficient (Wildman–Crippen LogP) is -4.84. The quantitative estimate of drug-likeness (QED) is 0.177. The molecule has 0 aliphatic carbocycles. The Hall–Kier alpha value is -1.70. The molecule has 0 spiro atoms. The molecule has 24 heteroatoms. The van der Waals surface area contributed by atoms with Crippen LogP contribution in [0.5, 0.6) is 0 Å². The molecule has 0 rings (SSSR count). The summed E-state index contributed by atoms with van der Waals surface area (Å²) >= 11 is 0. The molecule has 0 unspecified atom stereocenters. The third kappa shape index (κ3) is 3170. The number of hydrogen-bond acceptors (Lipinski definition) is 16. The summed E-state index contributed by atoms with van der Waals surface area (Å²) in [7, 11) is 0.750. The average Bonchev–Trinajstić information content (AvgIpc) is 2.14. The fraction of sp³-hybridized carbons (Fsp3) is 1.00. The first-order valence-corrected chi connectivity index (χ1v) is 3.15. The molecule has 0 aliphatic rings. The molecule has 0 aromatic rings. The van der Waals surface area contributed by atoms with Gasteiger partial charge < -0.3 is 87.9 Å². The van der Waals surface area contributed by atoms with Crippen LogP contribution >= 0.6 is 0 Å². The second kappa shape index (κ2) is 57.2. The van der Waals surface area contributed by atoms with Gasteiger partial charge in [0.25, 0.3) is 0 Å².